The van der Waals surface area contributed by atoms with Gasteiger partial charge in [-0.25, -0.2) is 12.8 Å². The van der Waals surface area contributed by atoms with Gasteiger partial charge in [0.05, 0.1) is 23.2 Å². The van der Waals surface area contributed by atoms with E-state index in [4.69, 9.17) is 0 Å². The largest absolute Gasteiger partial charge is 0.348 e. The van der Waals surface area contributed by atoms with E-state index < -0.39 is 33.7 Å². The van der Waals surface area contributed by atoms with Crippen molar-refractivity contribution in [2.24, 2.45) is 0 Å². The highest BCUT2D eigenvalue weighted by molar-refractivity contribution is 7.92. The van der Waals surface area contributed by atoms with Gasteiger partial charge in [-0.1, -0.05) is 25.1 Å². The maximum Gasteiger partial charge on any atom is 0.253 e. The molecule has 0 fully saturated rings. The minimum atomic E-state index is -3.88. The van der Waals surface area contributed by atoms with Gasteiger partial charge < -0.3 is 10.6 Å². The minimum absolute atomic E-state index is 0.144. The Morgan fingerprint density at radius 1 is 1.06 bits per heavy atom. The van der Waals surface area contributed by atoms with Gasteiger partial charge in [-0.15, -0.1) is 0 Å². The van der Waals surface area contributed by atoms with Crippen LogP contribution in [0.15, 0.2) is 73.1 Å². The Hall–Kier alpha value is -3.79. The van der Waals surface area contributed by atoms with Crippen molar-refractivity contribution in [1.29, 1.82) is 0 Å². The molecule has 1 aromatic heterocycles. The fourth-order valence-electron chi connectivity index (χ4n) is 3.43. The first-order valence-electron chi connectivity index (χ1n) is 10.5. The van der Waals surface area contributed by atoms with E-state index in [1.54, 1.807) is 49.6 Å². The Morgan fingerprint density at radius 3 is 2.38 bits per heavy atom. The number of aromatic nitrogens is 1. The topological polar surface area (TPSA) is 108 Å². The molecule has 0 aliphatic heterocycles. The monoisotopic (exact) mass is 484 g/mol. The number of nitrogens with one attached hydrogen (secondary N) is 2. The van der Waals surface area contributed by atoms with Crippen molar-refractivity contribution in [3.63, 3.8) is 0 Å². The molecule has 0 bridgehead atoms. The number of sulfonamides is 1. The van der Waals surface area contributed by atoms with Gasteiger partial charge in [-0.05, 0) is 54.4 Å². The summed E-state index contributed by atoms with van der Waals surface area (Å²) < 4.78 is 39.4. The highest BCUT2D eigenvalue weighted by Crippen LogP contribution is 2.24. The molecular formula is C24H25FN4O4S. The molecule has 8 nitrogen and oxygen atoms in total. The lowest BCUT2D eigenvalue weighted by Gasteiger charge is -2.30. The maximum atomic E-state index is 13.4. The third kappa shape index (κ3) is 6.16. The quantitative estimate of drug-likeness (QED) is 0.484. The number of rotatable bonds is 9. The van der Waals surface area contributed by atoms with E-state index in [1.165, 1.54) is 12.1 Å². The zero-order valence-electron chi connectivity index (χ0n) is 18.7. The van der Waals surface area contributed by atoms with Crippen LogP contribution in [0.1, 0.15) is 29.3 Å². The van der Waals surface area contributed by atoms with Gasteiger partial charge in [0.2, 0.25) is 15.9 Å². The van der Waals surface area contributed by atoms with Crippen molar-refractivity contribution in [2.45, 2.75) is 25.9 Å². The van der Waals surface area contributed by atoms with Crippen LogP contribution in [-0.4, -0.2) is 37.5 Å². The molecule has 1 atom stereocenters. The molecule has 0 spiro atoms. The molecule has 2 amide bonds. The summed E-state index contributed by atoms with van der Waals surface area (Å²) in [6, 6.07) is 13.7. The highest BCUT2D eigenvalue weighted by Gasteiger charge is 2.32. The van der Waals surface area contributed by atoms with Gasteiger partial charge in [0.25, 0.3) is 5.91 Å². The second kappa shape index (κ2) is 10.9. The first-order valence-corrected chi connectivity index (χ1v) is 12.4. The third-order valence-electron chi connectivity index (χ3n) is 5.02. The number of hydrogen-bond donors (Lipinski definition) is 2. The molecule has 3 aromatic rings. The zero-order chi connectivity index (χ0) is 24.7. The fraction of sp³-hybridized carbons (Fsp3) is 0.208. The van der Waals surface area contributed by atoms with E-state index in [2.05, 4.69) is 15.6 Å². The number of para-hydroxylation sites is 1. The summed E-state index contributed by atoms with van der Waals surface area (Å²) in [4.78, 5) is 30.0. The number of amides is 2. The molecule has 10 heteroatoms. The molecule has 0 aliphatic carbocycles. The van der Waals surface area contributed by atoms with Gasteiger partial charge in [0, 0.05) is 18.9 Å². The smallest absolute Gasteiger partial charge is 0.253 e. The maximum absolute atomic E-state index is 13.4. The number of pyridine rings is 1. The Morgan fingerprint density at radius 2 is 1.76 bits per heavy atom. The zero-order valence-corrected chi connectivity index (χ0v) is 19.5. The SMILES string of the molecule is CC[C@@H](C(=O)Nc1ccccc1C(=O)NCc1cccnc1)N(c1ccc(F)cc1)S(C)(=O)=O. The summed E-state index contributed by atoms with van der Waals surface area (Å²) in [5, 5.41) is 5.46. The van der Waals surface area contributed by atoms with E-state index in [1.807, 2.05) is 6.07 Å². The molecule has 0 saturated heterocycles. The van der Waals surface area contributed by atoms with Crippen LogP contribution in [0.5, 0.6) is 0 Å². The number of nitrogens with zero attached hydrogens (tertiary/aromatic N) is 2. The predicted molar refractivity (Wildman–Crippen MR) is 128 cm³/mol. The second-order valence-corrected chi connectivity index (χ2v) is 9.40. The van der Waals surface area contributed by atoms with Crippen LogP contribution in [-0.2, 0) is 21.4 Å². The summed E-state index contributed by atoms with van der Waals surface area (Å²) in [5.74, 6) is -1.56. The molecule has 2 aromatic carbocycles. The minimum Gasteiger partial charge on any atom is -0.348 e. The molecule has 34 heavy (non-hydrogen) atoms. The summed E-state index contributed by atoms with van der Waals surface area (Å²) in [6.45, 7) is 1.91. The highest BCUT2D eigenvalue weighted by atomic mass is 32.2. The van der Waals surface area contributed by atoms with Crippen molar-refractivity contribution >= 4 is 33.2 Å². The molecule has 0 aliphatic rings. The molecule has 0 saturated carbocycles. The average Bonchev–Trinajstić information content (AvgIpc) is 2.82. The lowest BCUT2D eigenvalue weighted by Crippen LogP contribution is -2.47. The summed E-state index contributed by atoms with van der Waals surface area (Å²) in [5.41, 5.74) is 1.43. The summed E-state index contributed by atoms with van der Waals surface area (Å²) in [7, 11) is -3.88. The fourth-order valence-corrected chi connectivity index (χ4v) is 4.65. The number of carbonyl (C=O) groups is 2. The van der Waals surface area contributed by atoms with Crippen molar-refractivity contribution in [3.05, 3.63) is 90.0 Å². The van der Waals surface area contributed by atoms with Crippen LogP contribution in [0.3, 0.4) is 0 Å². The number of halogens is 1. The first kappa shape index (κ1) is 24.8. The van der Waals surface area contributed by atoms with E-state index >= 15 is 0 Å². The Bertz CT molecular complexity index is 1250. The standard InChI is InChI=1S/C24H25FN4O4S/c1-3-22(29(34(2,32)33)19-12-10-18(25)11-13-19)24(31)28-21-9-5-4-8-20(21)23(30)27-16-17-7-6-14-26-15-17/h4-15,22H,3,16H2,1-2H3,(H,27,30)(H,28,31)/t22-/m0/s1. The van der Waals surface area contributed by atoms with E-state index in [0.29, 0.717) is 0 Å². The van der Waals surface area contributed by atoms with Crippen LogP contribution in [0, 0.1) is 5.82 Å². The molecule has 3 rings (SSSR count). The van der Waals surface area contributed by atoms with Crippen molar-refractivity contribution < 1.29 is 22.4 Å². The van der Waals surface area contributed by atoms with Crippen LogP contribution >= 0.6 is 0 Å². The molecule has 1 heterocycles. The molecule has 0 radical (unpaired) electrons. The molecule has 0 unspecified atom stereocenters. The van der Waals surface area contributed by atoms with Crippen LogP contribution < -0.4 is 14.9 Å². The van der Waals surface area contributed by atoms with Crippen LogP contribution in [0.4, 0.5) is 15.8 Å². The number of benzene rings is 2. The number of anilines is 2. The Labute approximate surface area is 197 Å². The van der Waals surface area contributed by atoms with Crippen LogP contribution in [0.2, 0.25) is 0 Å². The molecule has 2 N–H and O–H groups in total. The lowest BCUT2D eigenvalue weighted by atomic mass is 10.1. The van der Waals surface area contributed by atoms with Crippen molar-refractivity contribution in [2.75, 3.05) is 15.9 Å². The van der Waals surface area contributed by atoms with Gasteiger partial charge in [0.1, 0.15) is 11.9 Å². The molecular weight excluding hydrogens is 459 g/mol. The van der Waals surface area contributed by atoms with Gasteiger partial charge in [0.15, 0.2) is 0 Å². The van der Waals surface area contributed by atoms with Gasteiger partial charge >= 0.3 is 0 Å². The Kier molecular flexibility index (Phi) is 7.95. The van der Waals surface area contributed by atoms with E-state index in [0.717, 1.165) is 28.3 Å². The predicted octanol–water partition coefficient (Wildman–Crippen LogP) is 3.33. The van der Waals surface area contributed by atoms with Gasteiger partial charge in [-0.3, -0.25) is 18.9 Å². The van der Waals surface area contributed by atoms with E-state index in [9.17, 15) is 22.4 Å². The lowest BCUT2D eigenvalue weighted by molar-refractivity contribution is -0.117. The van der Waals surface area contributed by atoms with Crippen LogP contribution in [0.25, 0.3) is 0 Å². The second-order valence-electron chi connectivity index (χ2n) is 7.54. The Balaban J connectivity index is 1.83. The average molecular weight is 485 g/mol. The number of hydrogen-bond acceptors (Lipinski definition) is 5. The normalized spacial score (nSPS) is 12.0. The summed E-state index contributed by atoms with van der Waals surface area (Å²) >= 11 is 0. The number of carbonyl (C=O) groups excluding carboxylic acids is 2. The van der Waals surface area contributed by atoms with Crippen molar-refractivity contribution in [3.8, 4) is 0 Å². The summed E-state index contributed by atoms with van der Waals surface area (Å²) in [6.07, 6.45) is 4.39. The van der Waals surface area contributed by atoms with E-state index in [-0.39, 0.29) is 29.9 Å². The van der Waals surface area contributed by atoms with Crippen molar-refractivity contribution in [1.82, 2.24) is 10.3 Å². The first-order chi connectivity index (χ1) is 16.2. The molecule has 178 valence electrons. The van der Waals surface area contributed by atoms with Gasteiger partial charge in [-0.2, -0.15) is 0 Å². The third-order valence-corrected chi connectivity index (χ3v) is 6.20.